The Bertz CT molecular complexity index is 414. The summed E-state index contributed by atoms with van der Waals surface area (Å²) in [4.78, 5) is 16.2. The average Bonchev–Trinajstić information content (AvgIpc) is 2.39. The van der Waals surface area contributed by atoms with Gasteiger partial charge in [0.1, 0.15) is 0 Å². The van der Waals surface area contributed by atoms with Crippen molar-refractivity contribution in [1.29, 1.82) is 0 Å². The highest BCUT2D eigenvalue weighted by molar-refractivity contribution is 5.98. The minimum absolute atomic E-state index is 0.0349. The lowest BCUT2D eigenvalue weighted by molar-refractivity contribution is -0.121. The van der Waals surface area contributed by atoms with Crippen molar-refractivity contribution in [2.45, 2.75) is 18.9 Å². The van der Waals surface area contributed by atoms with Gasteiger partial charge >= 0.3 is 0 Å². The van der Waals surface area contributed by atoms with E-state index in [0.717, 1.165) is 30.8 Å². The second-order valence-electron chi connectivity index (χ2n) is 4.88. The van der Waals surface area contributed by atoms with Gasteiger partial charge in [0.05, 0.1) is 6.04 Å². The standard InChI is InChI=1S/C14H21N3O/c1-15-13-5-4-10-17(14(13)18)12-8-6-11(7-9-12)16(2)3/h6-9,13,15H,4-5,10H2,1-3H3. The number of rotatable bonds is 3. The van der Waals surface area contributed by atoms with Gasteiger partial charge in [-0.3, -0.25) is 4.79 Å². The van der Waals surface area contributed by atoms with Crippen LogP contribution in [0.1, 0.15) is 12.8 Å². The van der Waals surface area contributed by atoms with Crippen LogP contribution >= 0.6 is 0 Å². The van der Waals surface area contributed by atoms with E-state index in [1.54, 1.807) is 0 Å². The number of benzene rings is 1. The first-order chi connectivity index (χ1) is 8.63. The normalized spacial score (nSPS) is 20.1. The summed E-state index contributed by atoms with van der Waals surface area (Å²) in [5, 5.41) is 3.08. The van der Waals surface area contributed by atoms with Gasteiger partial charge < -0.3 is 15.1 Å². The van der Waals surface area contributed by atoms with Crippen LogP contribution in [-0.2, 0) is 4.79 Å². The van der Waals surface area contributed by atoms with Crippen LogP contribution in [0.5, 0.6) is 0 Å². The molecule has 1 aromatic rings. The van der Waals surface area contributed by atoms with Crippen LogP contribution < -0.4 is 15.1 Å². The van der Waals surface area contributed by atoms with Gasteiger partial charge in [-0.15, -0.1) is 0 Å². The smallest absolute Gasteiger partial charge is 0.244 e. The van der Waals surface area contributed by atoms with Crippen molar-refractivity contribution in [2.75, 3.05) is 37.5 Å². The zero-order chi connectivity index (χ0) is 13.1. The number of nitrogens with one attached hydrogen (secondary N) is 1. The van der Waals surface area contributed by atoms with Crippen molar-refractivity contribution in [1.82, 2.24) is 5.32 Å². The van der Waals surface area contributed by atoms with Gasteiger partial charge in [0.15, 0.2) is 0 Å². The summed E-state index contributed by atoms with van der Waals surface area (Å²) in [7, 11) is 5.87. The zero-order valence-corrected chi connectivity index (χ0v) is 11.3. The predicted octanol–water partition coefficient (Wildman–Crippen LogP) is 1.47. The molecule has 1 N–H and O–H groups in total. The highest BCUT2D eigenvalue weighted by Crippen LogP contribution is 2.23. The number of amides is 1. The van der Waals surface area contributed by atoms with Crippen molar-refractivity contribution >= 4 is 17.3 Å². The Kier molecular flexibility index (Phi) is 3.87. The van der Waals surface area contributed by atoms with Crippen LogP contribution in [0.4, 0.5) is 11.4 Å². The van der Waals surface area contributed by atoms with Gasteiger partial charge in [-0.1, -0.05) is 0 Å². The fourth-order valence-corrected chi connectivity index (χ4v) is 2.33. The minimum Gasteiger partial charge on any atom is -0.378 e. The quantitative estimate of drug-likeness (QED) is 0.878. The molecule has 4 heteroatoms. The number of carbonyl (C=O) groups is 1. The first-order valence-corrected chi connectivity index (χ1v) is 6.39. The van der Waals surface area contributed by atoms with E-state index in [4.69, 9.17) is 0 Å². The number of piperidine rings is 1. The molecule has 1 saturated heterocycles. The number of anilines is 2. The fraction of sp³-hybridized carbons (Fsp3) is 0.500. The summed E-state index contributed by atoms with van der Waals surface area (Å²) in [6.45, 7) is 0.818. The van der Waals surface area contributed by atoms with Crippen LogP contribution in [0, 0.1) is 0 Å². The van der Waals surface area contributed by atoms with Crippen molar-refractivity contribution in [3.8, 4) is 0 Å². The average molecular weight is 247 g/mol. The van der Waals surface area contributed by atoms with E-state index in [2.05, 4.69) is 10.2 Å². The summed E-state index contributed by atoms with van der Waals surface area (Å²) >= 11 is 0. The largest absolute Gasteiger partial charge is 0.378 e. The second-order valence-corrected chi connectivity index (χ2v) is 4.88. The van der Waals surface area contributed by atoms with Crippen molar-refractivity contribution in [3.05, 3.63) is 24.3 Å². The highest BCUT2D eigenvalue weighted by Gasteiger charge is 2.28. The van der Waals surface area contributed by atoms with E-state index < -0.39 is 0 Å². The monoisotopic (exact) mass is 247 g/mol. The number of likely N-dealkylation sites (N-methyl/N-ethyl adjacent to an activating group) is 1. The molecule has 1 unspecified atom stereocenters. The molecule has 1 aliphatic heterocycles. The molecule has 0 radical (unpaired) electrons. The van der Waals surface area contributed by atoms with E-state index in [0.29, 0.717) is 0 Å². The third-order valence-corrected chi connectivity index (χ3v) is 3.46. The summed E-state index contributed by atoms with van der Waals surface area (Å²) in [6, 6.07) is 8.10. The predicted molar refractivity (Wildman–Crippen MR) is 75.2 cm³/mol. The Balaban J connectivity index is 2.17. The summed E-state index contributed by atoms with van der Waals surface area (Å²) < 4.78 is 0. The molecule has 0 aliphatic carbocycles. The van der Waals surface area contributed by atoms with E-state index in [1.165, 1.54) is 0 Å². The van der Waals surface area contributed by atoms with Crippen molar-refractivity contribution in [2.24, 2.45) is 0 Å². The number of hydrogen-bond donors (Lipinski definition) is 1. The van der Waals surface area contributed by atoms with E-state index in [1.807, 2.05) is 50.3 Å². The lowest BCUT2D eigenvalue weighted by atomic mass is 10.0. The Hall–Kier alpha value is -1.55. The molecule has 1 aliphatic rings. The second kappa shape index (κ2) is 5.40. The van der Waals surface area contributed by atoms with Crippen LogP contribution in [0.2, 0.25) is 0 Å². The molecule has 1 atom stereocenters. The minimum atomic E-state index is -0.0349. The molecular formula is C14H21N3O. The van der Waals surface area contributed by atoms with E-state index in [9.17, 15) is 4.79 Å². The molecule has 18 heavy (non-hydrogen) atoms. The molecule has 4 nitrogen and oxygen atoms in total. The molecule has 0 saturated carbocycles. The molecule has 0 aromatic heterocycles. The summed E-state index contributed by atoms with van der Waals surface area (Å²) in [5.41, 5.74) is 2.14. The zero-order valence-electron chi connectivity index (χ0n) is 11.3. The molecule has 1 fully saturated rings. The van der Waals surface area contributed by atoms with Gasteiger partial charge in [0.2, 0.25) is 5.91 Å². The molecule has 1 heterocycles. The third-order valence-electron chi connectivity index (χ3n) is 3.46. The van der Waals surface area contributed by atoms with Gasteiger partial charge in [-0.25, -0.2) is 0 Å². The highest BCUT2D eigenvalue weighted by atomic mass is 16.2. The first-order valence-electron chi connectivity index (χ1n) is 6.39. The fourth-order valence-electron chi connectivity index (χ4n) is 2.33. The first kappa shape index (κ1) is 12.9. The van der Waals surface area contributed by atoms with Crippen LogP contribution in [0.3, 0.4) is 0 Å². The molecule has 1 amide bonds. The molecule has 0 spiro atoms. The summed E-state index contributed by atoms with van der Waals surface area (Å²) in [5.74, 6) is 0.182. The van der Waals surface area contributed by atoms with E-state index in [-0.39, 0.29) is 11.9 Å². The Morgan fingerprint density at radius 1 is 1.28 bits per heavy atom. The summed E-state index contributed by atoms with van der Waals surface area (Å²) in [6.07, 6.45) is 1.98. The van der Waals surface area contributed by atoms with Gasteiger partial charge in [0, 0.05) is 32.0 Å². The Morgan fingerprint density at radius 3 is 2.50 bits per heavy atom. The number of carbonyl (C=O) groups excluding carboxylic acids is 1. The lowest BCUT2D eigenvalue weighted by Crippen LogP contribution is -2.49. The third kappa shape index (κ3) is 2.48. The number of hydrogen-bond acceptors (Lipinski definition) is 3. The van der Waals surface area contributed by atoms with Crippen molar-refractivity contribution < 1.29 is 4.79 Å². The maximum Gasteiger partial charge on any atom is 0.244 e. The van der Waals surface area contributed by atoms with Gasteiger partial charge in [-0.05, 0) is 44.2 Å². The van der Waals surface area contributed by atoms with Crippen LogP contribution in [0.15, 0.2) is 24.3 Å². The Morgan fingerprint density at radius 2 is 1.94 bits per heavy atom. The lowest BCUT2D eigenvalue weighted by Gasteiger charge is -2.32. The maximum atomic E-state index is 12.2. The van der Waals surface area contributed by atoms with Crippen molar-refractivity contribution in [3.63, 3.8) is 0 Å². The van der Waals surface area contributed by atoms with Gasteiger partial charge in [-0.2, -0.15) is 0 Å². The SMILES string of the molecule is CNC1CCCN(c2ccc(N(C)C)cc2)C1=O. The topological polar surface area (TPSA) is 35.6 Å². The molecule has 98 valence electrons. The van der Waals surface area contributed by atoms with Gasteiger partial charge in [0.25, 0.3) is 0 Å². The van der Waals surface area contributed by atoms with E-state index >= 15 is 0 Å². The van der Waals surface area contributed by atoms with Crippen LogP contribution in [-0.4, -0.2) is 39.6 Å². The molecule has 2 rings (SSSR count). The Labute approximate surface area is 109 Å². The molecular weight excluding hydrogens is 226 g/mol. The number of nitrogens with zero attached hydrogens (tertiary/aromatic N) is 2. The van der Waals surface area contributed by atoms with Crippen LogP contribution in [0.25, 0.3) is 0 Å². The maximum absolute atomic E-state index is 12.2. The molecule has 0 bridgehead atoms. The molecule has 1 aromatic carbocycles.